The van der Waals surface area contributed by atoms with Crippen molar-refractivity contribution < 1.29 is 4.92 Å². The number of guanidine groups is 1. The fourth-order valence-electron chi connectivity index (χ4n) is 2.49. The second kappa shape index (κ2) is 7.00. The molecule has 1 fully saturated rings. The Kier molecular flexibility index (Phi) is 5.28. The van der Waals surface area contributed by atoms with Crippen LogP contribution < -0.4 is 5.32 Å². The van der Waals surface area contributed by atoms with Crippen LogP contribution in [0, 0.1) is 10.1 Å². The molecule has 0 radical (unpaired) electrons. The van der Waals surface area contributed by atoms with Crippen molar-refractivity contribution in [2.45, 2.75) is 25.1 Å². The van der Waals surface area contributed by atoms with Gasteiger partial charge in [-0.25, -0.2) is 0 Å². The van der Waals surface area contributed by atoms with Crippen LogP contribution in [0.4, 0.5) is 5.69 Å². The molecule has 22 heavy (non-hydrogen) atoms. The first-order chi connectivity index (χ1) is 10.4. The van der Waals surface area contributed by atoms with Crippen LogP contribution >= 0.6 is 11.8 Å². The molecule has 1 aliphatic rings. The number of nitro groups is 1. The van der Waals surface area contributed by atoms with E-state index in [1.54, 1.807) is 19.2 Å². The molecule has 1 aromatic carbocycles. The number of nitrogens with one attached hydrogen (secondary N) is 1. The summed E-state index contributed by atoms with van der Waals surface area (Å²) in [5.41, 5.74) is 0.991. The van der Waals surface area contributed by atoms with E-state index < -0.39 is 0 Å². The maximum atomic E-state index is 10.8. The summed E-state index contributed by atoms with van der Waals surface area (Å²) in [6, 6.07) is 6.68. The maximum absolute atomic E-state index is 10.8. The molecule has 1 heterocycles. The highest BCUT2D eigenvalue weighted by Gasteiger charge is 2.28. The number of thioether (sulfide) groups is 1. The topological polar surface area (TPSA) is 70.8 Å². The van der Waals surface area contributed by atoms with Crippen LogP contribution in [0.5, 0.6) is 0 Å². The smallest absolute Gasteiger partial charge is 0.269 e. The molecule has 120 valence electrons. The molecule has 2 rings (SSSR count). The summed E-state index contributed by atoms with van der Waals surface area (Å²) in [6.07, 6.45) is 0. The molecule has 0 bridgehead atoms. The lowest BCUT2D eigenvalue weighted by Crippen LogP contribution is -2.50. The normalized spacial score (nSPS) is 18.1. The number of nitro benzene ring substituents is 1. The zero-order chi connectivity index (χ0) is 16.2. The van der Waals surface area contributed by atoms with Crippen molar-refractivity contribution >= 4 is 23.4 Å². The highest BCUT2D eigenvalue weighted by Crippen LogP contribution is 2.29. The minimum Gasteiger partial charge on any atom is -0.352 e. The van der Waals surface area contributed by atoms with Crippen molar-refractivity contribution in [2.75, 3.05) is 25.9 Å². The van der Waals surface area contributed by atoms with Crippen molar-refractivity contribution in [3.8, 4) is 0 Å². The quantitative estimate of drug-likeness (QED) is 0.401. The molecule has 0 unspecified atom stereocenters. The summed E-state index contributed by atoms with van der Waals surface area (Å²) in [5, 5.41) is 14.1. The summed E-state index contributed by atoms with van der Waals surface area (Å²) in [7, 11) is 1.77. The van der Waals surface area contributed by atoms with Crippen LogP contribution in [-0.2, 0) is 6.54 Å². The summed E-state index contributed by atoms with van der Waals surface area (Å²) in [6.45, 7) is 6.89. The first-order valence-corrected chi connectivity index (χ1v) is 8.23. The molecule has 6 nitrogen and oxygen atoms in total. The van der Waals surface area contributed by atoms with E-state index in [0.717, 1.165) is 30.4 Å². The second-order valence-electron chi connectivity index (χ2n) is 5.86. The Morgan fingerprint density at radius 2 is 2.32 bits per heavy atom. The van der Waals surface area contributed by atoms with Gasteiger partial charge >= 0.3 is 0 Å². The molecule has 0 spiro atoms. The third-order valence-electron chi connectivity index (χ3n) is 3.51. The van der Waals surface area contributed by atoms with Gasteiger partial charge in [0.05, 0.1) is 4.92 Å². The van der Waals surface area contributed by atoms with Gasteiger partial charge in [-0.05, 0) is 19.4 Å². The van der Waals surface area contributed by atoms with E-state index in [0.29, 0.717) is 6.54 Å². The van der Waals surface area contributed by atoms with Gasteiger partial charge in [-0.1, -0.05) is 12.1 Å². The predicted octanol–water partition coefficient (Wildman–Crippen LogP) is 2.50. The largest absolute Gasteiger partial charge is 0.352 e. The molecule has 1 saturated heterocycles. The van der Waals surface area contributed by atoms with Crippen LogP contribution in [0.3, 0.4) is 0 Å². The SMILES string of the molecule is CN=C(NCc1cccc([N+](=O)[O-])c1)N1CCSC(C)(C)C1. The van der Waals surface area contributed by atoms with Crippen LogP contribution in [0.1, 0.15) is 19.4 Å². The van der Waals surface area contributed by atoms with Gasteiger partial charge in [0.1, 0.15) is 0 Å². The van der Waals surface area contributed by atoms with Crippen LogP contribution in [-0.4, -0.2) is 46.4 Å². The van der Waals surface area contributed by atoms with Crippen LogP contribution in [0.15, 0.2) is 29.3 Å². The van der Waals surface area contributed by atoms with Crippen molar-refractivity contribution in [2.24, 2.45) is 4.99 Å². The lowest BCUT2D eigenvalue weighted by Gasteiger charge is -2.39. The molecule has 1 N–H and O–H groups in total. The van der Waals surface area contributed by atoms with Gasteiger partial charge in [-0.2, -0.15) is 11.8 Å². The Balaban J connectivity index is 2.00. The molecular formula is C15H22N4O2S. The standard InChI is InChI=1S/C15H22N4O2S/c1-15(2)11-18(7-8-22-15)14(16-3)17-10-12-5-4-6-13(9-12)19(20)21/h4-6,9H,7-8,10-11H2,1-3H3,(H,16,17). The van der Waals surface area contributed by atoms with E-state index in [2.05, 4.69) is 29.1 Å². The van der Waals surface area contributed by atoms with E-state index in [9.17, 15) is 10.1 Å². The van der Waals surface area contributed by atoms with E-state index in [4.69, 9.17) is 0 Å². The first kappa shape index (κ1) is 16.6. The number of hydrogen-bond donors (Lipinski definition) is 1. The van der Waals surface area contributed by atoms with Gasteiger partial charge < -0.3 is 10.2 Å². The Bertz CT molecular complexity index is 574. The molecule has 0 amide bonds. The summed E-state index contributed by atoms with van der Waals surface area (Å²) >= 11 is 1.97. The van der Waals surface area contributed by atoms with Crippen molar-refractivity contribution in [3.63, 3.8) is 0 Å². The molecule has 1 aromatic rings. The summed E-state index contributed by atoms with van der Waals surface area (Å²) < 4.78 is 0.210. The van der Waals surface area contributed by atoms with Gasteiger partial charge in [0, 0.05) is 49.3 Å². The highest BCUT2D eigenvalue weighted by atomic mass is 32.2. The van der Waals surface area contributed by atoms with Gasteiger partial charge in [0.25, 0.3) is 5.69 Å². The maximum Gasteiger partial charge on any atom is 0.269 e. The van der Waals surface area contributed by atoms with Gasteiger partial charge in [0.15, 0.2) is 5.96 Å². The Labute approximate surface area is 135 Å². The van der Waals surface area contributed by atoms with E-state index in [1.165, 1.54) is 6.07 Å². The number of aliphatic imine (C=N–C) groups is 1. The van der Waals surface area contributed by atoms with Crippen LogP contribution in [0.2, 0.25) is 0 Å². The van der Waals surface area contributed by atoms with Gasteiger partial charge in [-0.15, -0.1) is 0 Å². The molecule has 0 atom stereocenters. The minimum atomic E-state index is -0.372. The van der Waals surface area contributed by atoms with E-state index >= 15 is 0 Å². The molecule has 0 aliphatic carbocycles. The zero-order valence-corrected chi connectivity index (χ0v) is 14.0. The third-order valence-corrected chi connectivity index (χ3v) is 4.81. The predicted molar refractivity (Wildman–Crippen MR) is 91.4 cm³/mol. The lowest BCUT2D eigenvalue weighted by molar-refractivity contribution is -0.384. The van der Waals surface area contributed by atoms with Crippen molar-refractivity contribution in [3.05, 3.63) is 39.9 Å². The molecule has 7 heteroatoms. The molecular weight excluding hydrogens is 300 g/mol. The Morgan fingerprint density at radius 1 is 1.55 bits per heavy atom. The van der Waals surface area contributed by atoms with Gasteiger partial charge in [-0.3, -0.25) is 15.1 Å². The lowest BCUT2D eigenvalue weighted by atomic mass is 10.2. The fourth-order valence-corrected chi connectivity index (χ4v) is 3.60. The molecule has 1 aliphatic heterocycles. The number of benzene rings is 1. The number of rotatable bonds is 3. The summed E-state index contributed by atoms with van der Waals surface area (Å²) in [5.74, 6) is 1.92. The van der Waals surface area contributed by atoms with E-state index in [1.807, 2.05) is 17.8 Å². The Morgan fingerprint density at radius 3 is 2.95 bits per heavy atom. The molecule has 0 saturated carbocycles. The van der Waals surface area contributed by atoms with Crippen LogP contribution in [0.25, 0.3) is 0 Å². The number of nitrogens with zero attached hydrogens (tertiary/aromatic N) is 3. The first-order valence-electron chi connectivity index (χ1n) is 7.24. The number of hydrogen-bond acceptors (Lipinski definition) is 4. The average Bonchev–Trinajstić information content (AvgIpc) is 2.47. The van der Waals surface area contributed by atoms with Crippen molar-refractivity contribution in [1.29, 1.82) is 0 Å². The average molecular weight is 322 g/mol. The second-order valence-corrected chi connectivity index (χ2v) is 7.66. The summed E-state index contributed by atoms with van der Waals surface area (Å²) in [4.78, 5) is 17.0. The Hall–Kier alpha value is -1.76. The van der Waals surface area contributed by atoms with E-state index in [-0.39, 0.29) is 15.4 Å². The fraction of sp³-hybridized carbons (Fsp3) is 0.533. The minimum absolute atomic E-state index is 0.116. The van der Waals surface area contributed by atoms with Gasteiger partial charge in [0.2, 0.25) is 0 Å². The third kappa shape index (κ3) is 4.37. The highest BCUT2D eigenvalue weighted by molar-refractivity contribution is 8.00. The zero-order valence-electron chi connectivity index (χ0n) is 13.2. The monoisotopic (exact) mass is 322 g/mol. The number of non-ortho nitro benzene ring substituents is 1. The molecule has 0 aromatic heterocycles. The van der Waals surface area contributed by atoms with Crippen molar-refractivity contribution in [1.82, 2.24) is 10.2 Å².